The highest BCUT2D eigenvalue weighted by Gasteiger charge is 2.36. The molecule has 1 aliphatic heterocycles. The fourth-order valence-electron chi connectivity index (χ4n) is 2.95. The zero-order chi connectivity index (χ0) is 19.9. The zero-order valence-electron chi connectivity index (χ0n) is 14.9. The molecule has 1 aromatic heterocycles. The molecule has 2 heterocycles. The van der Waals surface area contributed by atoms with E-state index in [2.05, 4.69) is 10.4 Å². The number of amides is 1. The van der Waals surface area contributed by atoms with E-state index in [4.69, 9.17) is 28.3 Å². The molecule has 0 spiro atoms. The third-order valence-electron chi connectivity index (χ3n) is 4.02. The van der Waals surface area contributed by atoms with Gasteiger partial charge in [-0.05, 0) is 31.5 Å². The van der Waals surface area contributed by atoms with Crippen LogP contribution in [0.2, 0.25) is 5.02 Å². The molecule has 3 rings (SSSR count). The second kappa shape index (κ2) is 7.67. The van der Waals surface area contributed by atoms with Crippen molar-refractivity contribution in [2.75, 3.05) is 0 Å². The summed E-state index contributed by atoms with van der Waals surface area (Å²) in [5.41, 5.74) is 2.03. The fraction of sp³-hybridized carbons (Fsp3) is 0.222. The number of aryl methyl sites for hydroxylation is 1. The smallest absolute Gasteiger partial charge is 0.258 e. The van der Waals surface area contributed by atoms with Gasteiger partial charge in [0.1, 0.15) is 5.82 Å². The van der Waals surface area contributed by atoms with Crippen LogP contribution < -0.4 is 10.5 Å². The van der Waals surface area contributed by atoms with Crippen LogP contribution in [0.1, 0.15) is 25.1 Å². The van der Waals surface area contributed by atoms with Crippen LogP contribution in [0.5, 0.6) is 0 Å². The average Bonchev–Trinajstić information content (AvgIpc) is 3.04. The van der Waals surface area contributed by atoms with Gasteiger partial charge in [-0.2, -0.15) is 5.10 Å². The number of aromatic nitrogens is 2. The lowest BCUT2D eigenvalue weighted by Crippen LogP contribution is -2.32. The molecule has 0 radical (unpaired) electrons. The number of allylic oxidation sites excluding steroid dienone is 2. The SMILES string of the molecule is CC(C)NC(=O)C1=C(c2cccc(F)c2)C(c2c(Cl)cnn2C)=C(Cl)[SH]1N. The van der Waals surface area contributed by atoms with Gasteiger partial charge in [0, 0.05) is 24.2 Å². The molecule has 1 aliphatic rings. The van der Waals surface area contributed by atoms with E-state index >= 15 is 0 Å². The molecule has 27 heavy (non-hydrogen) atoms. The number of rotatable bonds is 4. The Kier molecular flexibility index (Phi) is 5.67. The molecule has 0 fully saturated rings. The third kappa shape index (κ3) is 3.65. The molecule has 9 heteroatoms. The Hall–Kier alpha value is -1.80. The molecule has 1 unspecified atom stereocenters. The van der Waals surface area contributed by atoms with Crippen LogP contribution in [0.4, 0.5) is 4.39 Å². The van der Waals surface area contributed by atoms with Gasteiger partial charge in [-0.3, -0.25) is 14.6 Å². The van der Waals surface area contributed by atoms with Gasteiger partial charge >= 0.3 is 0 Å². The van der Waals surface area contributed by atoms with E-state index in [1.54, 1.807) is 23.9 Å². The molecule has 0 bridgehead atoms. The Morgan fingerprint density at radius 3 is 2.59 bits per heavy atom. The molecule has 0 saturated carbocycles. The van der Waals surface area contributed by atoms with E-state index in [-0.39, 0.29) is 11.9 Å². The average molecular weight is 429 g/mol. The number of hydrogen-bond acceptors (Lipinski definition) is 3. The van der Waals surface area contributed by atoms with Crippen LogP contribution in [0, 0.1) is 5.82 Å². The van der Waals surface area contributed by atoms with Crippen LogP contribution >= 0.6 is 34.3 Å². The van der Waals surface area contributed by atoms with Gasteiger partial charge in [-0.15, -0.1) is 11.1 Å². The number of hydrogen-bond donors (Lipinski definition) is 3. The molecule has 1 aromatic carbocycles. The van der Waals surface area contributed by atoms with Gasteiger partial charge in [-0.1, -0.05) is 35.3 Å². The maximum absolute atomic E-state index is 13.9. The van der Waals surface area contributed by atoms with E-state index in [1.165, 1.54) is 18.3 Å². The van der Waals surface area contributed by atoms with Crippen molar-refractivity contribution in [1.29, 1.82) is 0 Å². The lowest BCUT2D eigenvalue weighted by atomic mass is 9.95. The fourth-order valence-corrected chi connectivity index (χ4v) is 5.07. The van der Waals surface area contributed by atoms with Crippen molar-refractivity contribution >= 4 is 51.3 Å². The topological polar surface area (TPSA) is 72.9 Å². The Morgan fingerprint density at radius 2 is 2.04 bits per heavy atom. The summed E-state index contributed by atoms with van der Waals surface area (Å²) >= 11 is 11.3. The summed E-state index contributed by atoms with van der Waals surface area (Å²) in [6.07, 6.45) is 1.49. The lowest BCUT2D eigenvalue weighted by Gasteiger charge is -2.17. The van der Waals surface area contributed by atoms with Gasteiger partial charge in [0.05, 0.1) is 26.2 Å². The van der Waals surface area contributed by atoms with E-state index < -0.39 is 16.9 Å². The summed E-state index contributed by atoms with van der Waals surface area (Å²) in [5, 5.41) is 13.7. The number of halogens is 3. The van der Waals surface area contributed by atoms with Crippen LogP contribution in [-0.4, -0.2) is 21.7 Å². The largest absolute Gasteiger partial charge is 0.349 e. The number of thiol groups is 1. The first kappa shape index (κ1) is 19.9. The first-order valence-corrected chi connectivity index (χ1v) is 10.3. The van der Waals surface area contributed by atoms with Crippen LogP contribution in [0.15, 0.2) is 39.7 Å². The molecule has 1 amide bonds. The number of carbonyl (C=O) groups is 1. The van der Waals surface area contributed by atoms with E-state index in [0.717, 1.165) is 0 Å². The summed E-state index contributed by atoms with van der Waals surface area (Å²) < 4.78 is 15.8. The van der Waals surface area contributed by atoms with Crippen LogP contribution in [-0.2, 0) is 11.8 Å². The van der Waals surface area contributed by atoms with Crippen molar-refractivity contribution in [2.24, 2.45) is 12.2 Å². The second-order valence-corrected chi connectivity index (χ2v) is 9.05. The van der Waals surface area contributed by atoms with Crippen molar-refractivity contribution in [3.8, 4) is 0 Å². The van der Waals surface area contributed by atoms with Crippen LogP contribution in [0.25, 0.3) is 11.1 Å². The quantitative estimate of drug-likeness (QED) is 0.645. The van der Waals surface area contributed by atoms with Crippen molar-refractivity contribution < 1.29 is 9.18 Å². The Labute approximate surface area is 169 Å². The second-order valence-electron chi connectivity index (χ2n) is 6.36. The summed E-state index contributed by atoms with van der Waals surface area (Å²) in [4.78, 5) is 13.2. The molecule has 0 saturated heterocycles. The van der Waals surface area contributed by atoms with Crippen molar-refractivity contribution in [1.82, 2.24) is 15.1 Å². The predicted octanol–water partition coefficient (Wildman–Crippen LogP) is 3.94. The summed E-state index contributed by atoms with van der Waals surface area (Å²) in [6, 6.07) is 5.87. The molecule has 3 N–H and O–H groups in total. The van der Waals surface area contributed by atoms with Gasteiger partial charge in [0.15, 0.2) is 0 Å². The van der Waals surface area contributed by atoms with E-state index in [1.807, 2.05) is 13.8 Å². The zero-order valence-corrected chi connectivity index (χ0v) is 17.3. The number of carbonyl (C=O) groups excluding carboxylic acids is 1. The molecular weight excluding hydrogens is 410 g/mol. The number of nitrogens with two attached hydrogens (primary N) is 1. The summed E-state index contributed by atoms with van der Waals surface area (Å²) in [7, 11) is 1.71. The highest BCUT2D eigenvalue weighted by Crippen LogP contribution is 2.57. The van der Waals surface area contributed by atoms with E-state index in [0.29, 0.717) is 36.7 Å². The molecule has 5 nitrogen and oxygen atoms in total. The third-order valence-corrected chi connectivity index (χ3v) is 6.59. The van der Waals surface area contributed by atoms with Gasteiger partial charge in [0.25, 0.3) is 5.91 Å². The molecular formula is C18H19Cl2FN4OS. The summed E-state index contributed by atoms with van der Waals surface area (Å²) in [5.74, 6) is -0.757. The minimum atomic E-state index is -1.61. The monoisotopic (exact) mass is 428 g/mol. The number of nitrogens with one attached hydrogen (secondary N) is 1. The van der Waals surface area contributed by atoms with Gasteiger partial charge in [-0.25, -0.2) is 4.39 Å². The van der Waals surface area contributed by atoms with Crippen molar-refractivity contribution in [2.45, 2.75) is 19.9 Å². The lowest BCUT2D eigenvalue weighted by molar-refractivity contribution is -0.117. The van der Waals surface area contributed by atoms with Gasteiger partial charge < -0.3 is 5.32 Å². The van der Waals surface area contributed by atoms with E-state index in [9.17, 15) is 9.18 Å². The number of benzene rings is 1. The summed E-state index contributed by atoms with van der Waals surface area (Å²) in [6.45, 7) is 3.70. The minimum Gasteiger partial charge on any atom is -0.349 e. The van der Waals surface area contributed by atoms with Gasteiger partial charge in [0.2, 0.25) is 0 Å². The minimum absolute atomic E-state index is 0.0923. The Balaban J connectivity index is 2.30. The Morgan fingerprint density at radius 1 is 1.33 bits per heavy atom. The number of nitrogens with zero attached hydrogens (tertiary/aromatic N) is 2. The normalized spacial score (nSPS) is 18.6. The maximum atomic E-state index is 13.9. The predicted molar refractivity (Wildman–Crippen MR) is 111 cm³/mol. The molecule has 1 atom stereocenters. The highest BCUT2D eigenvalue weighted by molar-refractivity contribution is 8.24. The van der Waals surface area contributed by atoms with Crippen molar-refractivity contribution in [3.63, 3.8) is 0 Å². The highest BCUT2D eigenvalue weighted by atomic mass is 35.5. The molecule has 144 valence electrons. The first-order valence-electron chi connectivity index (χ1n) is 8.16. The molecule has 0 aliphatic carbocycles. The standard InChI is InChI=1S/C18H19Cl2FN4OS/c1-9(2)24-18(26)16-13(10-5-4-6-11(21)7-10)14(17(20)27(16)22)15-12(19)8-23-25(15)3/h4-9,27H,22H2,1-3H3,(H,24,26). The molecule has 2 aromatic rings. The van der Waals surface area contributed by atoms with Crippen molar-refractivity contribution in [3.05, 3.63) is 61.8 Å². The maximum Gasteiger partial charge on any atom is 0.258 e. The Bertz CT molecular complexity index is 964. The first-order chi connectivity index (χ1) is 12.7. The van der Waals surface area contributed by atoms with Crippen LogP contribution in [0.3, 0.4) is 0 Å².